The van der Waals surface area contributed by atoms with Gasteiger partial charge in [0.15, 0.2) is 0 Å². The van der Waals surface area contributed by atoms with Crippen LogP contribution in [-0.4, -0.2) is 11.1 Å². The number of para-hydroxylation sites is 1. The number of benzene rings is 3. The molecular formula is C22H20ClNO3. The fourth-order valence-corrected chi connectivity index (χ4v) is 2.91. The van der Waals surface area contributed by atoms with Crippen LogP contribution in [0.15, 0.2) is 66.7 Å². The van der Waals surface area contributed by atoms with E-state index >= 15 is 0 Å². The lowest BCUT2D eigenvalue weighted by Crippen LogP contribution is -2.07. The molecule has 3 aromatic rings. The fraction of sp³-hybridized carbons (Fsp3) is 0.136. The van der Waals surface area contributed by atoms with Gasteiger partial charge in [-0.3, -0.25) is 0 Å². The molecule has 27 heavy (non-hydrogen) atoms. The Hall–Kier alpha value is -2.98. The van der Waals surface area contributed by atoms with Gasteiger partial charge in [-0.25, -0.2) is 4.79 Å². The first-order chi connectivity index (χ1) is 13.0. The summed E-state index contributed by atoms with van der Waals surface area (Å²) in [4.78, 5) is 11.3. The van der Waals surface area contributed by atoms with E-state index in [9.17, 15) is 9.90 Å². The maximum absolute atomic E-state index is 11.3. The van der Waals surface area contributed by atoms with Crippen LogP contribution in [0.5, 0.6) is 5.75 Å². The van der Waals surface area contributed by atoms with E-state index in [1.165, 1.54) is 0 Å². The van der Waals surface area contributed by atoms with Crippen molar-refractivity contribution in [2.75, 3.05) is 5.32 Å². The first-order valence-electron chi connectivity index (χ1n) is 8.56. The van der Waals surface area contributed by atoms with Crippen LogP contribution in [0.2, 0.25) is 5.02 Å². The molecule has 5 heteroatoms. The number of ether oxygens (including phenoxy) is 1. The summed E-state index contributed by atoms with van der Waals surface area (Å²) < 4.78 is 5.97. The molecule has 0 aliphatic heterocycles. The molecule has 3 aromatic carbocycles. The summed E-state index contributed by atoms with van der Waals surface area (Å²) in [6.07, 6.45) is 0. The van der Waals surface area contributed by atoms with Crippen molar-refractivity contribution in [2.45, 2.75) is 20.1 Å². The van der Waals surface area contributed by atoms with Gasteiger partial charge in [-0.15, -0.1) is 0 Å². The third kappa shape index (κ3) is 4.80. The molecule has 0 radical (unpaired) electrons. The van der Waals surface area contributed by atoms with Crippen LogP contribution in [0.25, 0.3) is 0 Å². The van der Waals surface area contributed by atoms with E-state index in [0.29, 0.717) is 29.3 Å². The highest BCUT2D eigenvalue weighted by molar-refractivity contribution is 6.30. The summed E-state index contributed by atoms with van der Waals surface area (Å²) in [5, 5.41) is 13.3. The summed E-state index contributed by atoms with van der Waals surface area (Å²) in [5.74, 6) is -0.144. The molecule has 0 aliphatic carbocycles. The largest absolute Gasteiger partial charge is 0.489 e. The average Bonchev–Trinajstić information content (AvgIpc) is 2.67. The molecule has 3 rings (SSSR count). The Morgan fingerprint density at radius 3 is 2.52 bits per heavy atom. The molecule has 0 unspecified atom stereocenters. The van der Waals surface area contributed by atoms with Crippen molar-refractivity contribution in [3.63, 3.8) is 0 Å². The first kappa shape index (κ1) is 18.8. The second-order valence-electron chi connectivity index (χ2n) is 6.16. The van der Waals surface area contributed by atoms with Crippen molar-refractivity contribution in [1.29, 1.82) is 0 Å². The topological polar surface area (TPSA) is 58.6 Å². The highest BCUT2D eigenvalue weighted by atomic mass is 35.5. The van der Waals surface area contributed by atoms with Gasteiger partial charge in [0.25, 0.3) is 0 Å². The molecule has 0 bridgehead atoms. The molecule has 0 saturated carbocycles. The zero-order valence-corrected chi connectivity index (χ0v) is 15.7. The number of carboxylic acids is 1. The van der Waals surface area contributed by atoms with Crippen molar-refractivity contribution < 1.29 is 14.6 Å². The van der Waals surface area contributed by atoms with E-state index in [1.54, 1.807) is 19.1 Å². The van der Waals surface area contributed by atoms with Gasteiger partial charge in [0.05, 0.1) is 5.56 Å². The van der Waals surface area contributed by atoms with E-state index < -0.39 is 5.97 Å². The third-order valence-corrected chi connectivity index (χ3v) is 4.57. The quantitative estimate of drug-likeness (QED) is 0.564. The number of rotatable bonds is 7. The molecule has 2 N–H and O–H groups in total. The number of anilines is 1. The van der Waals surface area contributed by atoms with Crippen LogP contribution in [-0.2, 0) is 13.2 Å². The lowest BCUT2D eigenvalue weighted by Gasteiger charge is -2.15. The van der Waals surface area contributed by atoms with Gasteiger partial charge in [-0.2, -0.15) is 0 Å². The minimum Gasteiger partial charge on any atom is -0.489 e. The Morgan fingerprint density at radius 1 is 1.04 bits per heavy atom. The van der Waals surface area contributed by atoms with Gasteiger partial charge in [-0.05, 0) is 48.4 Å². The van der Waals surface area contributed by atoms with Crippen LogP contribution < -0.4 is 10.1 Å². The number of carboxylic acid groups (broad SMARTS) is 1. The van der Waals surface area contributed by atoms with Crippen LogP contribution in [0.4, 0.5) is 5.69 Å². The SMILES string of the molecule is Cc1c(NCc2ccccc2OCc2ccc(Cl)cc2)cccc1C(=O)O. The minimum atomic E-state index is -0.928. The first-order valence-corrected chi connectivity index (χ1v) is 8.94. The summed E-state index contributed by atoms with van der Waals surface area (Å²) in [5.41, 5.74) is 3.83. The Morgan fingerprint density at radius 2 is 1.78 bits per heavy atom. The van der Waals surface area contributed by atoms with E-state index in [4.69, 9.17) is 16.3 Å². The minimum absolute atomic E-state index is 0.298. The molecule has 0 heterocycles. The Balaban J connectivity index is 1.70. The normalized spacial score (nSPS) is 10.4. The number of hydrogen-bond acceptors (Lipinski definition) is 3. The summed E-state index contributed by atoms with van der Waals surface area (Å²) >= 11 is 5.91. The van der Waals surface area contributed by atoms with Gasteiger partial charge in [0.2, 0.25) is 0 Å². The van der Waals surface area contributed by atoms with Crippen molar-refractivity contribution in [3.8, 4) is 5.75 Å². The van der Waals surface area contributed by atoms with E-state index in [2.05, 4.69) is 5.32 Å². The van der Waals surface area contributed by atoms with Crippen molar-refractivity contribution in [3.05, 3.63) is 94.0 Å². The lowest BCUT2D eigenvalue weighted by molar-refractivity contribution is 0.0696. The predicted octanol–water partition coefficient (Wildman–Crippen LogP) is 5.54. The number of nitrogens with one attached hydrogen (secondary N) is 1. The van der Waals surface area contributed by atoms with Gasteiger partial charge in [0, 0.05) is 22.8 Å². The monoisotopic (exact) mass is 381 g/mol. The molecule has 0 atom stereocenters. The average molecular weight is 382 g/mol. The predicted molar refractivity (Wildman–Crippen MR) is 108 cm³/mol. The number of aromatic carboxylic acids is 1. The van der Waals surface area contributed by atoms with Crippen LogP contribution in [0.1, 0.15) is 27.0 Å². The smallest absolute Gasteiger partial charge is 0.336 e. The van der Waals surface area contributed by atoms with Crippen molar-refractivity contribution >= 4 is 23.3 Å². The van der Waals surface area contributed by atoms with E-state index in [1.807, 2.05) is 54.6 Å². The standard InChI is InChI=1S/C22H20ClNO3/c1-15-19(22(25)26)6-4-7-20(15)24-13-17-5-2-3-8-21(17)27-14-16-9-11-18(23)12-10-16/h2-12,24H,13-14H2,1H3,(H,25,26). The summed E-state index contributed by atoms with van der Waals surface area (Å²) in [6.45, 7) is 2.77. The van der Waals surface area contributed by atoms with Gasteiger partial charge < -0.3 is 15.2 Å². The van der Waals surface area contributed by atoms with E-state index in [-0.39, 0.29) is 0 Å². The summed E-state index contributed by atoms with van der Waals surface area (Å²) in [7, 11) is 0. The van der Waals surface area contributed by atoms with Crippen molar-refractivity contribution in [1.82, 2.24) is 0 Å². The highest BCUT2D eigenvalue weighted by Gasteiger charge is 2.10. The molecule has 0 aromatic heterocycles. The molecule has 0 fully saturated rings. The van der Waals surface area contributed by atoms with Crippen LogP contribution >= 0.6 is 11.6 Å². The fourth-order valence-electron chi connectivity index (χ4n) is 2.78. The zero-order valence-electron chi connectivity index (χ0n) is 14.9. The second-order valence-corrected chi connectivity index (χ2v) is 6.60. The highest BCUT2D eigenvalue weighted by Crippen LogP contribution is 2.24. The van der Waals surface area contributed by atoms with Crippen LogP contribution in [0, 0.1) is 6.92 Å². The van der Waals surface area contributed by atoms with Crippen molar-refractivity contribution in [2.24, 2.45) is 0 Å². The molecule has 0 amide bonds. The Labute approximate surface area is 163 Å². The zero-order chi connectivity index (χ0) is 19.2. The number of halogens is 1. The van der Waals surface area contributed by atoms with Gasteiger partial charge in [0.1, 0.15) is 12.4 Å². The second kappa shape index (κ2) is 8.60. The molecular weight excluding hydrogens is 362 g/mol. The molecule has 0 spiro atoms. The molecule has 0 aliphatic rings. The van der Waals surface area contributed by atoms with E-state index in [0.717, 1.165) is 22.6 Å². The Kier molecular flexibility index (Phi) is 5.99. The molecule has 4 nitrogen and oxygen atoms in total. The van der Waals surface area contributed by atoms with Crippen LogP contribution in [0.3, 0.4) is 0 Å². The number of hydrogen-bond donors (Lipinski definition) is 2. The lowest BCUT2D eigenvalue weighted by atomic mass is 10.1. The van der Waals surface area contributed by atoms with Gasteiger partial charge >= 0.3 is 5.97 Å². The molecule has 0 saturated heterocycles. The maximum Gasteiger partial charge on any atom is 0.336 e. The third-order valence-electron chi connectivity index (χ3n) is 4.31. The maximum atomic E-state index is 11.3. The Bertz CT molecular complexity index is 939. The molecule has 138 valence electrons. The number of carbonyl (C=O) groups is 1. The van der Waals surface area contributed by atoms with Gasteiger partial charge in [-0.1, -0.05) is 48.0 Å². The summed E-state index contributed by atoms with van der Waals surface area (Å²) in [6, 6.07) is 20.6.